The Balaban J connectivity index is 2.82. The SMILES string of the molecule is C=C/C(=c1/cc(C(N)=O)cc/c1=C/N)n1ccc(C(C)=O)c1. The number of primary amides is 1. The Kier molecular flexibility index (Phi) is 4.27. The molecule has 5 nitrogen and oxygen atoms in total. The van der Waals surface area contributed by atoms with Gasteiger partial charge in [-0.25, -0.2) is 0 Å². The fourth-order valence-corrected chi connectivity index (χ4v) is 2.19. The Morgan fingerprint density at radius 2 is 1.95 bits per heavy atom. The number of amides is 1. The number of hydrogen-bond donors (Lipinski definition) is 2. The highest BCUT2D eigenvalue weighted by molar-refractivity contribution is 5.94. The summed E-state index contributed by atoms with van der Waals surface area (Å²) in [5.41, 5.74) is 12.6. The minimum atomic E-state index is -0.523. The first kappa shape index (κ1) is 15.3. The zero-order chi connectivity index (χ0) is 16.3. The van der Waals surface area contributed by atoms with Crippen LogP contribution in [0.3, 0.4) is 0 Å². The summed E-state index contributed by atoms with van der Waals surface area (Å²) in [7, 11) is 0. The van der Waals surface area contributed by atoms with E-state index in [0.717, 1.165) is 5.22 Å². The lowest BCUT2D eigenvalue weighted by Gasteiger charge is -2.06. The second kappa shape index (κ2) is 6.13. The highest BCUT2D eigenvalue weighted by Gasteiger charge is 2.06. The predicted molar refractivity (Wildman–Crippen MR) is 86.3 cm³/mol. The van der Waals surface area contributed by atoms with Crippen LogP contribution in [0, 0.1) is 0 Å². The lowest BCUT2D eigenvalue weighted by atomic mass is 10.1. The fourth-order valence-electron chi connectivity index (χ4n) is 2.19. The zero-order valence-electron chi connectivity index (χ0n) is 12.2. The van der Waals surface area contributed by atoms with Crippen LogP contribution >= 0.6 is 0 Å². The van der Waals surface area contributed by atoms with Gasteiger partial charge in [-0.05, 0) is 36.4 Å². The van der Waals surface area contributed by atoms with Gasteiger partial charge in [0.1, 0.15) is 0 Å². The van der Waals surface area contributed by atoms with Crippen molar-refractivity contribution in [2.24, 2.45) is 11.5 Å². The molecule has 1 aromatic heterocycles. The first-order chi connectivity index (χ1) is 10.5. The van der Waals surface area contributed by atoms with Gasteiger partial charge in [0.2, 0.25) is 5.91 Å². The Bertz CT molecular complexity index is 876. The highest BCUT2D eigenvalue weighted by Crippen LogP contribution is 2.08. The number of aromatic nitrogens is 1. The van der Waals surface area contributed by atoms with Crippen molar-refractivity contribution in [3.05, 3.63) is 70.9 Å². The average Bonchev–Trinajstić information content (AvgIpc) is 2.97. The highest BCUT2D eigenvalue weighted by atomic mass is 16.1. The first-order valence-electron chi connectivity index (χ1n) is 6.65. The molecule has 1 heterocycles. The van der Waals surface area contributed by atoms with Gasteiger partial charge in [-0.3, -0.25) is 9.59 Å². The van der Waals surface area contributed by atoms with Crippen LogP contribution in [-0.2, 0) is 0 Å². The molecule has 0 spiro atoms. The molecule has 0 radical (unpaired) electrons. The number of carbonyl (C=O) groups excluding carboxylic acids is 2. The van der Waals surface area contributed by atoms with Gasteiger partial charge >= 0.3 is 0 Å². The van der Waals surface area contributed by atoms with E-state index in [9.17, 15) is 9.59 Å². The number of rotatable bonds is 4. The minimum Gasteiger partial charge on any atom is -0.404 e. The molecule has 0 fully saturated rings. The van der Waals surface area contributed by atoms with Crippen molar-refractivity contribution in [2.75, 3.05) is 0 Å². The van der Waals surface area contributed by atoms with E-state index in [0.29, 0.717) is 22.0 Å². The first-order valence-corrected chi connectivity index (χ1v) is 6.65. The predicted octanol–water partition coefficient (Wildman–Crippen LogP) is 0.329. The van der Waals surface area contributed by atoms with E-state index in [1.54, 1.807) is 47.3 Å². The van der Waals surface area contributed by atoms with E-state index in [1.807, 2.05) is 0 Å². The van der Waals surface area contributed by atoms with E-state index in [2.05, 4.69) is 6.58 Å². The molecule has 2 aromatic rings. The number of ketones is 1. The summed E-state index contributed by atoms with van der Waals surface area (Å²) >= 11 is 0. The third kappa shape index (κ3) is 2.83. The van der Waals surface area contributed by atoms with Gasteiger partial charge in [-0.1, -0.05) is 12.6 Å². The fraction of sp³-hybridized carbons (Fsp3) is 0.0588. The molecule has 0 bridgehead atoms. The number of nitrogens with two attached hydrogens (primary N) is 2. The molecule has 1 amide bonds. The van der Waals surface area contributed by atoms with Crippen LogP contribution in [0.15, 0.2) is 49.3 Å². The smallest absolute Gasteiger partial charge is 0.248 e. The molecule has 0 saturated carbocycles. The summed E-state index contributed by atoms with van der Waals surface area (Å²) in [4.78, 5) is 22.8. The second-order valence-corrected chi connectivity index (χ2v) is 4.79. The average molecular weight is 295 g/mol. The zero-order valence-corrected chi connectivity index (χ0v) is 12.2. The number of allylic oxidation sites excluding steroid dienone is 1. The van der Waals surface area contributed by atoms with Crippen LogP contribution in [0.1, 0.15) is 27.6 Å². The number of carbonyl (C=O) groups is 2. The molecule has 0 aliphatic rings. The molecule has 0 aliphatic heterocycles. The number of Topliss-reactive ketones (excluding diaryl/α,β-unsaturated/α-hetero) is 1. The molecule has 0 aliphatic carbocycles. The van der Waals surface area contributed by atoms with E-state index < -0.39 is 5.91 Å². The van der Waals surface area contributed by atoms with Crippen LogP contribution in [-0.4, -0.2) is 16.3 Å². The van der Waals surface area contributed by atoms with Gasteiger partial charge in [-0.2, -0.15) is 0 Å². The molecule has 4 N–H and O–H groups in total. The van der Waals surface area contributed by atoms with Crippen LogP contribution in [0.25, 0.3) is 11.9 Å². The summed E-state index contributed by atoms with van der Waals surface area (Å²) in [5, 5.41) is 1.44. The van der Waals surface area contributed by atoms with Crippen LogP contribution in [0.2, 0.25) is 0 Å². The Labute approximate surface area is 127 Å². The molecular formula is C17H17N3O2. The number of nitrogens with zero attached hydrogens (tertiary/aromatic N) is 1. The summed E-state index contributed by atoms with van der Waals surface area (Å²) in [6, 6.07) is 6.71. The standard InChI is InChI=1S/C17H17N3O2/c1-3-16(20-7-6-14(10-20)11(2)21)15-8-12(17(19)22)4-5-13(15)9-18/h3-10H,1,18H2,2H3,(H2,19,22)/b13-9-,16-15+. The summed E-state index contributed by atoms with van der Waals surface area (Å²) in [5.74, 6) is -0.552. The Morgan fingerprint density at radius 1 is 1.23 bits per heavy atom. The van der Waals surface area contributed by atoms with Crippen LogP contribution in [0.5, 0.6) is 0 Å². The van der Waals surface area contributed by atoms with E-state index >= 15 is 0 Å². The van der Waals surface area contributed by atoms with E-state index in [4.69, 9.17) is 11.5 Å². The van der Waals surface area contributed by atoms with Crippen molar-refractivity contribution in [3.8, 4) is 0 Å². The third-order valence-electron chi connectivity index (χ3n) is 3.36. The summed E-state index contributed by atoms with van der Waals surface area (Å²) in [6.45, 7) is 5.30. The van der Waals surface area contributed by atoms with Crippen LogP contribution < -0.4 is 21.9 Å². The molecule has 0 saturated heterocycles. The molecule has 1 aromatic carbocycles. The van der Waals surface area contributed by atoms with Gasteiger partial charge in [-0.15, -0.1) is 0 Å². The Hall–Kier alpha value is -3.08. The normalized spacial score (nSPS) is 12.9. The minimum absolute atomic E-state index is 0.0290. The molecular weight excluding hydrogens is 278 g/mol. The lowest BCUT2D eigenvalue weighted by Crippen LogP contribution is -2.31. The molecule has 0 unspecified atom stereocenters. The third-order valence-corrected chi connectivity index (χ3v) is 3.36. The van der Waals surface area contributed by atoms with Gasteiger partial charge in [0.25, 0.3) is 0 Å². The van der Waals surface area contributed by atoms with Gasteiger partial charge < -0.3 is 16.0 Å². The maximum atomic E-state index is 11.4. The topological polar surface area (TPSA) is 91.1 Å². The molecule has 0 atom stereocenters. The van der Waals surface area contributed by atoms with E-state index in [-0.39, 0.29) is 5.78 Å². The summed E-state index contributed by atoms with van der Waals surface area (Å²) < 4.78 is 1.76. The van der Waals surface area contributed by atoms with Crippen molar-refractivity contribution in [3.63, 3.8) is 0 Å². The van der Waals surface area contributed by atoms with Crippen molar-refractivity contribution in [2.45, 2.75) is 6.92 Å². The Morgan fingerprint density at radius 3 is 2.45 bits per heavy atom. The number of hydrogen-bond acceptors (Lipinski definition) is 3. The van der Waals surface area contributed by atoms with Gasteiger partial charge in [0.05, 0.1) is 5.70 Å². The molecule has 112 valence electrons. The quantitative estimate of drug-likeness (QED) is 0.796. The number of benzene rings is 1. The van der Waals surface area contributed by atoms with E-state index in [1.165, 1.54) is 13.1 Å². The lowest BCUT2D eigenvalue weighted by molar-refractivity contribution is 0.0996. The molecule has 2 rings (SSSR count). The second-order valence-electron chi connectivity index (χ2n) is 4.79. The monoisotopic (exact) mass is 295 g/mol. The van der Waals surface area contributed by atoms with Crippen molar-refractivity contribution in [1.29, 1.82) is 0 Å². The maximum Gasteiger partial charge on any atom is 0.248 e. The van der Waals surface area contributed by atoms with Crippen molar-refractivity contribution >= 4 is 23.6 Å². The molecule has 22 heavy (non-hydrogen) atoms. The van der Waals surface area contributed by atoms with Crippen molar-refractivity contribution < 1.29 is 9.59 Å². The van der Waals surface area contributed by atoms with Crippen LogP contribution in [0.4, 0.5) is 0 Å². The van der Waals surface area contributed by atoms with Gasteiger partial charge in [0.15, 0.2) is 5.78 Å². The largest absolute Gasteiger partial charge is 0.404 e. The maximum absolute atomic E-state index is 11.4. The van der Waals surface area contributed by atoms with Gasteiger partial charge in [0, 0.05) is 34.9 Å². The van der Waals surface area contributed by atoms with Crippen molar-refractivity contribution in [1.82, 2.24) is 4.57 Å². The summed E-state index contributed by atoms with van der Waals surface area (Å²) in [6.07, 6.45) is 6.54. The molecule has 5 heteroatoms.